The first-order chi connectivity index (χ1) is 27.2. The first-order valence-electron chi connectivity index (χ1n) is 24.5. The molecule has 0 aliphatic carbocycles. The topological polar surface area (TPSA) is 120 Å². The second-order valence-corrected chi connectivity index (χ2v) is 17.6. The Morgan fingerprint density at radius 1 is 0.268 bits per heavy atom. The molecule has 0 heterocycles. The SMILES string of the molecule is CCCCCCCCCCCC(=O)[O-].CCCCCCCCCCCC(=O)[O-].CCCCCCCCCCCC(=O)[O-].CCCCCCCCCCCC[CH2][Sn+3]. The fourth-order valence-corrected chi connectivity index (χ4v) is 7.24. The van der Waals surface area contributed by atoms with Gasteiger partial charge in [0.15, 0.2) is 0 Å². The fourth-order valence-electron chi connectivity index (χ4n) is 6.53. The van der Waals surface area contributed by atoms with E-state index in [-0.39, 0.29) is 19.3 Å². The Bertz CT molecular complexity index is 643. The van der Waals surface area contributed by atoms with Gasteiger partial charge in [-0.2, -0.15) is 0 Å². The molecule has 0 N–H and O–H groups in total. The number of rotatable bonds is 41. The van der Waals surface area contributed by atoms with Crippen LogP contribution < -0.4 is 15.3 Å². The molecule has 0 saturated carbocycles. The second-order valence-electron chi connectivity index (χ2n) is 16.1. The van der Waals surface area contributed by atoms with Gasteiger partial charge < -0.3 is 29.7 Å². The third-order valence-electron chi connectivity index (χ3n) is 10.2. The van der Waals surface area contributed by atoms with E-state index in [4.69, 9.17) is 0 Å². The molecule has 0 spiro atoms. The molecular weight excluding hydrogens is 803 g/mol. The first kappa shape index (κ1) is 61.9. The molecule has 56 heavy (non-hydrogen) atoms. The first-order valence-corrected chi connectivity index (χ1v) is 26.5. The summed E-state index contributed by atoms with van der Waals surface area (Å²) in [5.74, 6) is -2.73. The molecule has 6 nitrogen and oxygen atoms in total. The zero-order valence-electron chi connectivity index (χ0n) is 38.1. The standard InChI is InChI=1S/C13H27.3C12H24O2.Sn/c1-3-5-7-9-11-13-12-10-8-6-4-2;3*1-2-3-4-5-6-7-8-9-10-11-12(13)14;/h1,3-13H2,2H3;3*2-11H2,1H3,(H,13,14);/q;;;;+3/p-3. The molecule has 0 unspecified atom stereocenters. The molecule has 0 rings (SSSR count). The minimum absolute atomic E-state index is 0.232. The maximum absolute atomic E-state index is 10.1. The van der Waals surface area contributed by atoms with Crippen LogP contribution in [0.2, 0.25) is 4.44 Å². The summed E-state index contributed by atoms with van der Waals surface area (Å²) < 4.78 is 1.46. The molecule has 0 fully saturated rings. The van der Waals surface area contributed by atoms with E-state index in [1.807, 2.05) is 0 Å². The quantitative estimate of drug-likeness (QED) is 0.0445. The van der Waals surface area contributed by atoms with Crippen LogP contribution in [0.4, 0.5) is 0 Å². The van der Waals surface area contributed by atoms with Crippen LogP contribution in [-0.4, -0.2) is 40.4 Å². The zero-order chi connectivity index (χ0) is 42.4. The van der Waals surface area contributed by atoms with Crippen molar-refractivity contribution in [2.24, 2.45) is 0 Å². The molecule has 0 amide bonds. The van der Waals surface area contributed by atoms with Gasteiger partial charge in [-0.25, -0.2) is 0 Å². The van der Waals surface area contributed by atoms with E-state index >= 15 is 0 Å². The van der Waals surface area contributed by atoms with E-state index in [0.29, 0.717) is 0 Å². The monoisotopic (exact) mass is 901 g/mol. The molecule has 0 radical (unpaired) electrons. The molecule has 0 saturated heterocycles. The molecule has 0 bridgehead atoms. The van der Waals surface area contributed by atoms with Gasteiger partial charge in [-0.1, -0.05) is 182 Å². The van der Waals surface area contributed by atoms with Crippen LogP contribution in [0.25, 0.3) is 0 Å². The average molecular weight is 900 g/mol. The number of unbranched alkanes of at least 4 members (excludes halogenated alkanes) is 34. The van der Waals surface area contributed by atoms with Crippen LogP contribution in [0, 0.1) is 0 Å². The third-order valence-corrected chi connectivity index (χ3v) is 11.2. The fraction of sp³-hybridized carbons (Fsp3) is 0.939. The van der Waals surface area contributed by atoms with E-state index in [1.54, 1.807) is 22.5 Å². The Morgan fingerprint density at radius 2 is 0.411 bits per heavy atom. The second kappa shape index (κ2) is 60.9. The van der Waals surface area contributed by atoms with Gasteiger partial charge in [0, 0.05) is 17.9 Å². The molecule has 0 aliphatic heterocycles. The number of aliphatic carboxylic acids is 3. The van der Waals surface area contributed by atoms with E-state index in [1.165, 1.54) is 210 Å². The molecule has 0 atom stereocenters. The van der Waals surface area contributed by atoms with E-state index < -0.39 is 17.9 Å². The van der Waals surface area contributed by atoms with Crippen LogP contribution in [0.3, 0.4) is 0 Å². The molecule has 332 valence electrons. The molecular formula is C49H96O6Sn. The number of carboxylic acids is 3. The summed E-state index contributed by atoms with van der Waals surface area (Å²) >= 11 is 1.72. The average Bonchev–Trinajstić information content (AvgIpc) is 3.17. The van der Waals surface area contributed by atoms with Gasteiger partial charge in [0.2, 0.25) is 0 Å². The zero-order valence-corrected chi connectivity index (χ0v) is 41.0. The summed E-state index contributed by atoms with van der Waals surface area (Å²) in [5, 5.41) is 30.3. The van der Waals surface area contributed by atoms with Gasteiger partial charge in [-0.05, 0) is 38.5 Å². The molecule has 0 aromatic carbocycles. The van der Waals surface area contributed by atoms with Gasteiger partial charge in [0.1, 0.15) is 0 Å². The van der Waals surface area contributed by atoms with Crippen molar-refractivity contribution < 1.29 is 29.7 Å². The summed E-state index contributed by atoms with van der Waals surface area (Å²) in [5.41, 5.74) is 0. The van der Waals surface area contributed by atoms with Crippen molar-refractivity contribution in [2.75, 3.05) is 0 Å². The molecule has 7 heteroatoms. The molecule has 0 aliphatic rings. The Kier molecular flexibility index (Phi) is 67.3. The van der Waals surface area contributed by atoms with Crippen LogP contribution >= 0.6 is 0 Å². The third kappa shape index (κ3) is 77.7. The normalized spacial score (nSPS) is 10.5. The number of hydrogen-bond acceptors (Lipinski definition) is 6. The van der Waals surface area contributed by atoms with E-state index in [2.05, 4.69) is 27.7 Å². The van der Waals surface area contributed by atoms with Crippen molar-refractivity contribution in [3.05, 3.63) is 0 Å². The predicted octanol–water partition coefficient (Wildman–Crippen LogP) is 12.9. The van der Waals surface area contributed by atoms with Crippen molar-refractivity contribution in [1.29, 1.82) is 0 Å². The summed E-state index contributed by atoms with van der Waals surface area (Å²) in [6, 6.07) is 0. The van der Waals surface area contributed by atoms with Gasteiger partial charge in [-0.3, -0.25) is 0 Å². The van der Waals surface area contributed by atoms with Crippen molar-refractivity contribution in [3.8, 4) is 0 Å². The van der Waals surface area contributed by atoms with Crippen molar-refractivity contribution >= 4 is 40.4 Å². The predicted molar refractivity (Wildman–Crippen MR) is 238 cm³/mol. The van der Waals surface area contributed by atoms with E-state index in [0.717, 1.165) is 38.5 Å². The van der Waals surface area contributed by atoms with E-state index in [9.17, 15) is 29.7 Å². The Balaban J connectivity index is -0.000000322. The Morgan fingerprint density at radius 3 is 0.554 bits per heavy atom. The summed E-state index contributed by atoms with van der Waals surface area (Å²) in [6.07, 6.45) is 49.7. The van der Waals surface area contributed by atoms with Crippen molar-refractivity contribution in [3.63, 3.8) is 0 Å². The van der Waals surface area contributed by atoms with Gasteiger partial charge in [-0.15, -0.1) is 0 Å². The number of carbonyl (C=O) groups is 3. The Labute approximate surface area is 363 Å². The van der Waals surface area contributed by atoms with Crippen molar-refractivity contribution in [1.82, 2.24) is 0 Å². The number of hydrogen-bond donors (Lipinski definition) is 0. The number of carbonyl (C=O) groups excluding carboxylic acids is 3. The number of carboxylic acid groups (broad SMARTS) is 3. The van der Waals surface area contributed by atoms with Crippen LogP contribution in [-0.2, 0) is 14.4 Å². The van der Waals surface area contributed by atoms with Gasteiger partial charge >= 0.3 is 97.6 Å². The molecule has 0 aromatic rings. The minimum atomic E-state index is -0.909. The maximum atomic E-state index is 10.1. The summed E-state index contributed by atoms with van der Waals surface area (Å²) in [7, 11) is 0. The van der Waals surface area contributed by atoms with Crippen LogP contribution in [0.5, 0.6) is 0 Å². The van der Waals surface area contributed by atoms with Crippen LogP contribution in [0.15, 0.2) is 0 Å². The van der Waals surface area contributed by atoms with Crippen LogP contribution in [0.1, 0.15) is 291 Å². The summed E-state index contributed by atoms with van der Waals surface area (Å²) in [6.45, 7) is 8.95. The summed E-state index contributed by atoms with van der Waals surface area (Å²) in [4.78, 5) is 30.3. The van der Waals surface area contributed by atoms with Crippen molar-refractivity contribution in [2.45, 2.75) is 295 Å². The van der Waals surface area contributed by atoms with Gasteiger partial charge in [0.25, 0.3) is 0 Å². The molecule has 0 aromatic heterocycles. The Hall–Kier alpha value is -0.791. The van der Waals surface area contributed by atoms with Gasteiger partial charge in [0.05, 0.1) is 0 Å².